The van der Waals surface area contributed by atoms with E-state index >= 15 is 0 Å². The van der Waals surface area contributed by atoms with Crippen LogP contribution < -0.4 is 15.9 Å². The third kappa shape index (κ3) is 3.06. The normalized spacial score (nSPS) is 12.9. The number of thiazole rings is 1. The predicted molar refractivity (Wildman–Crippen MR) is 101 cm³/mol. The number of carbonyl (C=O) groups is 1. The molecular weight excluding hydrogens is 426 g/mol. The smallest absolute Gasteiger partial charge is 0.279 e. The molecule has 8 heteroatoms. The number of anilines is 2. The van der Waals surface area contributed by atoms with Crippen molar-refractivity contribution < 1.29 is 9.90 Å². The lowest BCUT2D eigenvalue weighted by Gasteiger charge is -2.01. The van der Waals surface area contributed by atoms with Gasteiger partial charge in [-0.25, -0.2) is 4.99 Å². The highest BCUT2D eigenvalue weighted by atomic mass is 79.9. The van der Waals surface area contributed by atoms with E-state index in [9.17, 15) is 9.90 Å². The highest BCUT2D eigenvalue weighted by Crippen LogP contribution is 2.35. The van der Waals surface area contributed by atoms with Crippen molar-refractivity contribution >= 4 is 61.2 Å². The molecule has 0 spiro atoms. The number of hydrogen-bond donors (Lipinski definition) is 2. The topological polar surface area (TPSA) is 74.6 Å². The van der Waals surface area contributed by atoms with Gasteiger partial charge in [-0.3, -0.25) is 4.79 Å². The van der Waals surface area contributed by atoms with Crippen molar-refractivity contribution in [2.75, 3.05) is 5.32 Å². The Kier molecular flexibility index (Phi) is 4.07. The minimum Gasteiger partial charge on any atom is -0.492 e. The van der Waals surface area contributed by atoms with E-state index in [0.29, 0.717) is 31.2 Å². The number of nitrogens with zero attached hydrogens (tertiary/aromatic N) is 2. The van der Waals surface area contributed by atoms with Gasteiger partial charge in [-0.2, -0.15) is 4.98 Å². The van der Waals surface area contributed by atoms with Gasteiger partial charge in [0.25, 0.3) is 5.91 Å². The zero-order chi connectivity index (χ0) is 17.6. The summed E-state index contributed by atoms with van der Waals surface area (Å²) in [6, 6.07) is 12.5. The molecule has 1 aliphatic heterocycles. The van der Waals surface area contributed by atoms with Gasteiger partial charge in [0.15, 0.2) is 5.13 Å². The zero-order valence-electron chi connectivity index (χ0n) is 12.5. The van der Waals surface area contributed by atoms with Gasteiger partial charge in [0.1, 0.15) is 4.88 Å². The molecule has 4 rings (SSSR count). The Morgan fingerprint density at radius 3 is 2.68 bits per heavy atom. The van der Waals surface area contributed by atoms with Crippen LogP contribution in [0.1, 0.15) is 4.88 Å². The molecule has 1 amide bonds. The van der Waals surface area contributed by atoms with Crippen LogP contribution in [0.4, 0.5) is 10.8 Å². The van der Waals surface area contributed by atoms with E-state index in [1.165, 1.54) is 11.3 Å². The summed E-state index contributed by atoms with van der Waals surface area (Å²) in [5.74, 6) is -0.585. The number of carbonyl (C=O) groups excluding carboxylic acids is 1. The van der Waals surface area contributed by atoms with Gasteiger partial charge in [-0.1, -0.05) is 38.9 Å². The first-order valence-corrected chi connectivity index (χ1v) is 9.16. The van der Waals surface area contributed by atoms with Gasteiger partial charge in [-0.15, -0.1) is 0 Å². The number of benzene rings is 2. The highest BCUT2D eigenvalue weighted by molar-refractivity contribution is 9.10. The first-order chi connectivity index (χ1) is 12.0. The quantitative estimate of drug-likeness (QED) is 0.663. The molecule has 0 unspecified atom stereocenters. The maximum Gasteiger partial charge on any atom is 0.279 e. The molecule has 0 atom stereocenters. The summed E-state index contributed by atoms with van der Waals surface area (Å²) in [6.07, 6.45) is 0. The molecule has 5 nitrogen and oxygen atoms in total. The van der Waals surface area contributed by atoms with Crippen LogP contribution in [0, 0.1) is 0 Å². The molecule has 0 radical (unpaired) electrons. The highest BCUT2D eigenvalue weighted by Gasteiger charge is 2.24. The Hall–Kier alpha value is -2.22. The molecule has 1 aromatic heterocycles. The fraction of sp³-hybridized carbons (Fsp3) is 0. The summed E-state index contributed by atoms with van der Waals surface area (Å²) in [6.45, 7) is 0. The average Bonchev–Trinajstić information content (AvgIpc) is 3.08. The summed E-state index contributed by atoms with van der Waals surface area (Å²) in [7, 11) is 0. The summed E-state index contributed by atoms with van der Waals surface area (Å²) in [5.41, 5.74) is 1.13. The molecule has 25 heavy (non-hydrogen) atoms. The van der Waals surface area contributed by atoms with Crippen molar-refractivity contribution in [3.63, 3.8) is 0 Å². The minimum absolute atomic E-state index is 0.201. The predicted octanol–water partition coefficient (Wildman–Crippen LogP) is 3.37. The Labute approximate surface area is 159 Å². The molecule has 124 valence electrons. The second kappa shape index (κ2) is 6.25. The molecule has 0 fully saturated rings. The number of fused-ring (bicyclic) bond motifs is 1. The van der Waals surface area contributed by atoms with Crippen LogP contribution in [0.5, 0.6) is 5.88 Å². The van der Waals surface area contributed by atoms with Crippen LogP contribution >= 0.6 is 38.9 Å². The van der Waals surface area contributed by atoms with E-state index < -0.39 is 0 Å². The standard InChI is InChI=1S/C17H9BrClN3O2S/c18-8-1-6-12-11(7-8)13(15(23)21-12)14-16(24)22-17(25-14)20-10-4-2-9(19)3-5-10/h1-7,24H,(H,20,22). The van der Waals surface area contributed by atoms with Crippen molar-refractivity contribution in [2.24, 2.45) is 4.99 Å². The van der Waals surface area contributed by atoms with Crippen LogP contribution in [0.25, 0.3) is 5.57 Å². The van der Waals surface area contributed by atoms with Crippen molar-refractivity contribution in [1.82, 2.24) is 4.98 Å². The maximum atomic E-state index is 12.3. The molecular formula is C17H9BrClN3O2S. The van der Waals surface area contributed by atoms with Crippen LogP contribution in [0.2, 0.25) is 5.02 Å². The van der Waals surface area contributed by atoms with Crippen molar-refractivity contribution in [2.45, 2.75) is 0 Å². The van der Waals surface area contributed by atoms with Crippen molar-refractivity contribution in [3.05, 3.63) is 67.4 Å². The fourth-order valence-corrected chi connectivity index (χ4v) is 3.91. The number of aromatic nitrogens is 1. The molecule has 1 aliphatic rings. The fourth-order valence-electron chi connectivity index (χ4n) is 2.49. The molecule has 0 bridgehead atoms. The van der Waals surface area contributed by atoms with Crippen LogP contribution in [0.3, 0.4) is 0 Å². The molecule has 0 saturated heterocycles. The SMILES string of the molecule is O=C1N=c2ccc(Br)cc2=C1c1sc(Nc2ccc(Cl)cc2)nc1O. The van der Waals surface area contributed by atoms with E-state index in [0.717, 1.165) is 10.2 Å². The van der Waals surface area contributed by atoms with E-state index in [1.54, 1.807) is 30.3 Å². The molecule has 2 aromatic carbocycles. The van der Waals surface area contributed by atoms with E-state index in [4.69, 9.17) is 11.6 Å². The number of nitrogens with one attached hydrogen (secondary N) is 1. The van der Waals surface area contributed by atoms with Crippen LogP contribution in [0.15, 0.2) is 51.9 Å². The lowest BCUT2D eigenvalue weighted by molar-refractivity contribution is -0.112. The van der Waals surface area contributed by atoms with Gasteiger partial charge in [-0.05, 0) is 42.5 Å². The monoisotopic (exact) mass is 433 g/mol. The van der Waals surface area contributed by atoms with Gasteiger partial charge in [0.2, 0.25) is 5.88 Å². The number of halogens is 2. The third-order valence-electron chi connectivity index (χ3n) is 3.60. The van der Waals surface area contributed by atoms with Crippen molar-refractivity contribution in [1.29, 1.82) is 0 Å². The third-order valence-corrected chi connectivity index (χ3v) is 5.32. The number of rotatable bonds is 3. The largest absolute Gasteiger partial charge is 0.492 e. The first kappa shape index (κ1) is 16.3. The lowest BCUT2D eigenvalue weighted by atomic mass is 10.1. The Morgan fingerprint density at radius 1 is 1.16 bits per heavy atom. The Morgan fingerprint density at radius 2 is 1.92 bits per heavy atom. The molecule has 2 N–H and O–H groups in total. The first-order valence-electron chi connectivity index (χ1n) is 7.17. The molecule has 3 aromatic rings. The van der Waals surface area contributed by atoms with E-state index in [2.05, 4.69) is 31.2 Å². The van der Waals surface area contributed by atoms with Crippen molar-refractivity contribution in [3.8, 4) is 5.88 Å². The van der Waals surface area contributed by atoms with Gasteiger partial charge < -0.3 is 10.4 Å². The number of amides is 1. The van der Waals surface area contributed by atoms with Crippen LogP contribution in [-0.2, 0) is 4.79 Å². The Bertz CT molecular complexity index is 1130. The molecule has 2 heterocycles. The van der Waals surface area contributed by atoms with Gasteiger partial charge in [0, 0.05) is 20.4 Å². The lowest BCUT2D eigenvalue weighted by Crippen LogP contribution is -2.22. The second-order valence-corrected chi connectivity index (χ2v) is 7.61. The summed E-state index contributed by atoms with van der Waals surface area (Å²) < 4.78 is 0.831. The van der Waals surface area contributed by atoms with E-state index in [1.807, 2.05) is 12.1 Å². The summed E-state index contributed by atoms with van der Waals surface area (Å²) in [5, 5.41) is 15.7. The molecule has 0 saturated carbocycles. The average molecular weight is 435 g/mol. The number of aromatic hydroxyl groups is 1. The Balaban J connectivity index is 1.78. The number of hydrogen-bond acceptors (Lipinski definition) is 5. The zero-order valence-corrected chi connectivity index (χ0v) is 15.6. The minimum atomic E-state index is -0.384. The van der Waals surface area contributed by atoms with Gasteiger partial charge >= 0.3 is 0 Å². The van der Waals surface area contributed by atoms with Crippen LogP contribution in [-0.4, -0.2) is 16.0 Å². The van der Waals surface area contributed by atoms with E-state index in [-0.39, 0.29) is 11.8 Å². The summed E-state index contributed by atoms with van der Waals surface area (Å²) >= 11 is 10.5. The van der Waals surface area contributed by atoms with Gasteiger partial charge in [0.05, 0.1) is 10.9 Å². The molecule has 0 aliphatic carbocycles. The second-order valence-electron chi connectivity index (χ2n) is 5.26. The summed E-state index contributed by atoms with van der Waals surface area (Å²) in [4.78, 5) is 20.8. The maximum absolute atomic E-state index is 12.3.